The molecule has 6 nitrogen and oxygen atoms in total. The van der Waals surface area contributed by atoms with E-state index in [2.05, 4.69) is 25.6 Å². The van der Waals surface area contributed by atoms with Crippen LogP contribution in [0, 0.1) is 0 Å². The van der Waals surface area contributed by atoms with Gasteiger partial charge in [-0.05, 0) is 18.2 Å². The summed E-state index contributed by atoms with van der Waals surface area (Å²) in [6.07, 6.45) is 3.36. The van der Waals surface area contributed by atoms with Gasteiger partial charge < -0.3 is 10.3 Å². The van der Waals surface area contributed by atoms with Crippen LogP contribution in [0.3, 0.4) is 0 Å². The lowest BCUT2D eigenvalue weighted by Gasteiger charge is -2.09. The molecule has 0 spiro atoms. The first kappa shape index (κ1) is 14.0. The molecule has 1 aromatic carbocycles. The first-order valence-corrected chi connectivity index (χ1v) is 7.68. The van der Waals surface area contributed by atoms with Crippen molar-refractivity contribution in [2.24, 2.45) is 7.05 Å². The normalized spacial score (nSPS) is 11.7. The highest BCUT2D eigenvalue weighted by Gasteiger charge is 2.18. The van der Waals surface area contributed by atoms with Gasteiger partial charge >= 0.3 is 0 Å². The molecule has 3 N–H and O–H groups in total. The highest BCUT2D eigenvalue weighted by atomic mass is 79.9. The lowest BCUT2D eigenvalue weighted by molar-refractivity contribution is 0.578. The summed E-state index contributed by atoms with van der Waals surface area (Å²) < 4.78 is 29.2. The van der Waals surface area contributed by atoms with Crippen LogP contribution in [0.15, 0.2) is 40.0 Å². The molecule has 102 valence electrons. The lowest BCUT2D eigenvalue weighted by Crippen LogP contribution is -2.25. The fourth-order valence-electron chi connectivity index (χ4n) is 1.55. The van der Waals surface area contributed by atoms with Crippen molar-refractivity contribution in [1.82, 2.24) is 14.3 Å². The van der Waals surface area contributed by atoms with E-state index >= 15 is 0 Å². The van der Waals surface area contributed by atoms with E-state index in [1.807, 2.05) is 0 Å². The van der Waals surface area contributed by atoms with Crippen LogP contribution in [0.4, 0.5) is 5.69 Å². The Balaban J connectivity index is 2.23. The molecule has 0 fully saturated rings. The highest BCUT2D eigenvalue weighted by Crippen LogP contribution is 2.22. The number of nitrogens with one attached hydrogen (secondary N) is 1. The highest BCUT2D eigenvalue weighted by molar-refractivity contribution is 9.10. The summed E-state index contributed by atoms with van der Waals surface area (Å²) in [5, 5.41) is 0. The van der Waals surface area contributed by atoms with Gasteiger partial charge in [-0.15, -0.1) is 0 Å². The molecule has 2 rings (SSSR count). The Kier molecular flexibility index (Phi) is 3.93. The minimum Gasteiger partial charge on any atom is -0.398 e. The number of imidazole rings is 1. The molecule has 0 saturated heterocycles. The molecule has 0 aliphatic carbocycles. The van der Waals surface area contributed by atoms with Crippen LogP contribution in [0.1, 0.15) is 5.82 Å². The molecule has 2 aromatic rings. The first-order chi connectivity index (χ1) is 8.90. The van der Waals surface area contributed by atoms with Gasteiger partial charge in [-0.1, -0.05) is 15.9 Å². The molecule has 0 unspecified atom stereocenters. The predicted octanol–water partition coefficient (Wildman–Crippen LogP) is 1.24. The zero-order valence-electron chi connectivity index (χ0n) is 10.2. The Morgan fingerprint density at radius 1 is 1.47 bits per heavy atom. The number of aryl methyl sites for hydroxylation is 1. The van der Waals surface area contributed by atoms with Crippen molar-refractivity contribution in [1.29, 1.82) is 0 Å². The van der Waals surface area contributed by atoms with Crippen molar-refractivity contribution in [3.8, 4) is 0 Å². The van der Waals surface area contributed by atoms with Crippen LogP contribution in [-0.4, -0.2) is 18.0 Å². The first-order valence-electron chi connectivity index (χ1n) is 5.41. The smallest absolute Gasteiger partial charge is 0.243 e. The summed E-state index contributed by atoms with van der Waals surface area (Å²) in [6, 6.07) is 4.70. The van der Waals surface area contributed by atoms with Crippen molar-refractivity contribution in [2.45, 2.75) is 11.4 Å². The molecule has 0 bridgehead atoms. The molecule has 0 aliphatic heterocycles. The maximum Gasteiger partial charge on any atom is 0.243 e. The number of sulfonamides is 1. The SMILES string of the molecule is Cn1ccnc1CNS(=O)(=O)c1cc(Br)ccc1N. The summed E-state index contributed by atoms with van der Waals surface area (Å²) >= 11 is 3.23. The maximum atomic E-state index is 12.2. The third kappa shape index (κ3) is 3.14. The van der Waals surface area contributed by atoms with Crippen LogP contribution < -0.4 is 10.5 Å². The maximum absolute atomic E-state index is 12.2. The van der Waals surface area contributed by atoms with E-state index in [0.717, 1.165) is 0 Å². The molecule has 8 heteroatoms. The summed E-state index contributed by atoms with van der Waals surface area (Å²) in [5.41, 5.74) is 5.90. The molecule has 1 heterocycles. The molecule has 1 aromatic heterocycles. The largest absolute Gasteiger partial charge is 0.398 e. The molecule has 0 saturated carbocycles. The Bertz CT molecular complexity index is 696. The summed E-state index contributed by atoms with van der Waals surface area (Å²) in [7, 11) is -1.87. The van der Waals surface area contributed by atoms with Crippen LogP contribution in [-0.2, 0) is 23.6 Å². The average Bonchev–Trinajstić information content (AvgIpc) is 2.75. The lowest BCUT2D eigenvalue weighted by atomic mass is 10.3. The van der Waals surface area contributed by atoms with E-state index in [0.29, 0.717) is 10.3 Å². The third-order valence-corrected chi connectivity index (χ3v) is 4.56. The molecule has 0 aliphatic rings. The van der Waals surface area contributed by atoms with Gasteiger partial charge in [-0.2, -0.15) is 0 Å². The van der Waals surface area contributed by atoms with Crippen LogP contribution in [0.5, 0.6) is 0 Å². The van der Waals surface area contributed by atoms with E-state index in [4.69, 9.17) is 5.73 Å². The standard InChI is InChI=1S/C11H13BrN4O2S/c1-16-5-4-14-11(16)7-15-19(17,18)10-6-8(12)2-3-9(10)13/h2-6,15H,7,13H2,1H3. The van der Waals surface area contributed by atoms with E-state index < -0.39 is 10.0 Å². The fraction of sp³-hybridized carbons (Fsp3) is 0.182. The van der Waals surface area contributed by atoms with Crippen LogP contribution in [0.2, 0.25) is 0 Å². The Hall–Kier alpha value is -1.38. The third-order valence-electron chi connectivity index (χ3n) is 2.61. The number of nitrogens with two attached hydrogens (primary N) is 1. The quantitative estimate of drug-likeness (QED) is 0.816. The molecule has 0 amide bonds. The number of anilines is 1. The second kappa shape index (κ2) is 5.32. The van der Waals surface area contributed by atoms with Crippen LogP contribution >= 0.6 is 15.9 Å². The molecular weight excluding hydrogens is 332 g/mol. The van der Waals surface area contributed by atoms with Gasteiger partial charge in [0.05, 0.1) is 12.2 Å². The van der Waals surface area contributed by atoms with Gasteiger partial charge in [0.1, 0.15) is 10.7 Å². The monoisotopic (exact) mass is 344 g/mol. The van der Waals surface area contributed by atoms with Gasteiger partial charge in [0.25, 0.3) is 0 Å². The van der Waals surface area contributed by atoms with Gasteiger partial charge in [0.2, 0.25) is 10.0 Å². The van der Waals surface area contributed by atoms with Crippen molar-refractivity contribution in [3.05, 3.63) is 40.9 Å². The van der Waals surface area contributed by atoms with Gasteiger partial charge in [0, 0.05) is 23.9 Å². The van der Waals surface area contributed by atoms with Gasteiger partial charge in [-0.25, -0.2) is 18.1 Å². The second-order valence-electron chi connectivity index (χ2n) is 3.96. The van der Waals surface area contributed by atoms with Crippen LogP contribution in [0.25, 0.3) is 0 Å². The predicted molar refractivity (Wildman–Crippen MR) is 75.8 cm³/mol. The van der Waals surface area contributed by atoms with Crippen molar-refractivity contribution < 1.29 is 8.42 Å². The molecule has 0 radical (unpaired) electrons. The van der Waals surface area contributed by atoms with Gasteiger partial charge in [-0.3, -0.25) is 0 Å². The topological polar surface area (TPSA) is 90.0 Å². The van der Waals surface area contributed by atoms with E-state index in [9.17, 15) is 8.42 Å². The molecule has 19 heavy (non-hydrogen) atoms. The zero-order valence-corrected chi connectivity index (χ0v) is 12.6. The van der Waals surface area contributed by atoms with Gasteiger partial charge in [0.15, 0.2) is 0 Å². The number of benzene rings is 1. The summed E-state index contributed by atoms with van der Waals surface area (Å²) in [4.78, 5) is 4.10. The fourth-order valence-corrected chi connectivity index (χ4v) is 3.19. The zero-order chi connectivity index (χ0) is 14.0. The Morgan fingerprint density at radius 3 is 2.84 bits per heavy atom. The number of halogens is 1. The number of nitrogens with zero attached hydrogens (tertiary/aromatic N) is 2. The number of hydrogen-bond donors (Lipinski definition) is 2. The van der Waals surface area contributed by atoms with Crippen molar-refractivity contribution in [2.75, 3.05) is 5.73 Å². The van der Waals surface area contributed by atoms with Crippen molar-refractivity contribution in [3.63, 3.8) is 0 Å². The minimum atomic E-state index is -3.66. The van der Waals surface area contributed by atoms with Crippen molar-refractivity contribution >= 4 is 31.6 Å². The Labute approximate surface area is 119 Å². The van der Waals surface area contributed by atoms with E-state index in [1.165, 1.54) is 6.07 Å². The molecular formula is C11H13BrN4O2S. The number of aromatic nitrogens is 2. The number of hydrogen-bond acceptors (Lipinski definition) is 4. The number of nitrogen functional groups attached to an aromatic ring is 1. The Morgan fingerprint density at radius 2 is 2.21 bits per heavy atom. The summed E-state index contributed by atoms with van der Waals surface area (Å²) in [5.74, 6) is 0.622. The number of rotatable bonds is 4. The minimum absolute atomic E-state index is 0.0519. The molecule has 0 atom stereocenters. The van der Waals surface area contributed by atoms with E-state index in [-0.39, 0.29) is 17.1 Å². The van der Waals surface area contributed by atoms with E-state index in [1.54, 1.807) is 36.1 Å². The summed E-state index contributed by atoms with van der Waals surface area (Å²) in [6.45, 7) is 0.109. The second-order valence-corrected chi connectivity index (χ2v) is 6.61. The average molecular weight is 345 g/mol.